The van der Waals surface area contributed by atoms with Crippen LogP contribution in [0.1, 0.15) is 22.3 Å². The van der Waals surface area contributed by atoms with Gasteiger partial charge in [0.05, 0.1) is 24.0 Å². The Labute approximate surface area is 174 Å². The molecule has 2 heterocycles. The molecule has 0 atom stereocenters. The van der Waals surface area contributed by atoms with Crippen LogP contribution in [0.5, 0.6) is 0 Å². The number of aromatic nitrogens is 2. The lowest BCUT2D eigenvalue weighted by Gasteiger charge is -2.18. The van der Waals surface area contributed by atoms with Crippen LogP contribution in [0.4, 0.5) is 0 Å². The quantitative estimate of drug-likeness (QED) is 0.576. The van der Waals surface area contributed by atoms with E-state index < -0.39 is 0 Å². The average Bonchev–Trinajstić information content (AvgIpc) is 3.22. The number of hydrogen-bond donors (Lipinski definition) is 2. The zero-order valence-electron chi connectivity index (χ0n) is 14.9. The molecule has 0 bridgehead atoms. The summed E-state index contributed by atoms with van der Waals surface area (Å²) in [6, 6.07) is 14.6. The number of hydrogen-bond acceptors (Lipinski definition) is 5. The van der Waals surface area contributed by atoms with Crippen LogP contribution in [0.25, 0.3) is 5.69 Å². The van der Waals surface area contributed by atoms with E-state index >= 15 is 0 Å². The van der Waals surface area contributed by atoms with Crippen molar-refractivity contribution in [3.8, 4) is 5.69 Å². The first-order valence-electron chi connectivity index (χ1n) is 8.44. The molecule has 2 N–H and O–H groups in total. The Balaban J connectivity index is 1.63. The monoisotopic (exact) mass is 488 g/mol. The number of rotatable bonds is 4. The van der Waals surface area contributed by atoms with E-state index in [0.29, 0.717) is 6.54 Å². The van der Waals surface area contributed by atoms with Gasteiger partial charge in [-0.1, -0.05) is 34.1 Å². The Bertz CT molecular complexity index is 989. The van der Waals surface area contributed by atoms with E-state index in [1.54, 1.807) is 0 Å². The van der Waals surface area contributed by atoms with Crippen LogP contribution >= 0.6 is 31.9 Å². The van der Waals surface area contributed by atoms with Gasteiger partial charge in [0.25, 0.3) is 0 Å². The van der Waals surface area contributed by atoms with Crippen LogP contribution in [0.15, 0.2) is 62.8 Å². The van der Waals surface area contributed by atoms with Crippen molar-refractivity contribution in [3.63, 3.8) is 0 Å². The molecule has 0 spiro atoms. The molecular formula is C19H18Br2N6. The number of amidine groups is 1. The molecule has 3 aromatic rings. The van der Waals surface area contributed by atoms with Gasteiger partial charge in [-0.3, -0.25) is 5.01 Å². The van der Waals surface area contributed by atoms with Gasteiger partial charge in [0.1, 0.15) is 4.60 Å². The van der Waals surface area contributed by atoms with E-state index in [9.17, 15) is 0 Å². The van der Waals surface area contributed by atoms with Gasteiger partial charge < -0.3 is 0 Å². The standard InChI is InChI=1S/C19H18Br2N6/c1-12-7-13(2)9-16(8-12)27-18(21)17(10-22-27)19-23-24-25-26(19)11-14-3-5-15(20)6-4-14/h3-10,24-25H,11H2,1-2H3. The Morgan fingerprint density at radius 1 is 1.00 bits per heavy atom. The molecule has 0 aliphatic carbocycles. The first-order valence-corrected chi connectivity index (χ1v) is 10.0. The highest BCUT2D eigenvalue weighted by Gasteiger charge is 2.24. The van der Waals surface area contributed by atoms with Crippen molar-refractivity contribution in [3.05, 3.63) is 80.0 Å². The largest absolute Gasteiger partial charge is 0.266 e. The van der Waals surface area contributed by atoms with Crippen LogP contribution in [0, 0.1) is 13.8 Å². The molecule has 0 unspecified atom stereocenters. The maximum atomic E-state index is 4.57. The molecule has 1 aromatic heterocycles. The summed E-state index contributed by atoms with van der Waals surface area (Å²) in [6.07, 6.45) is 1.82. The molecule has 1 aliphatic rings. The number of nitrogens with one attached hydrogen (secondary N) is 2. The van der Waals surface area contributed by atoms with Gasteiger partial charge in [0.2, 0.25) is 0 Å². The summed E-state index contributed by atoms with van der Waals surface area (Å²) in [5.74, 6) is 0.778. The summed E-state index contributed by atoms with van der Waals surface area (Å²) in [7, 11) is 0. The predicted octanol–water partition coefficient (Wildman–Crippen LogP) is 4.20. The molecule has 0 radical (unpaired) electrons. The zero-order chi connectivity index (χ0) is 19.0. The van der Waals surface area contributed by atoms with Gasteiger partial charge in [-0.25, -0.2) is 10.2 Å². The van der Waals surface area contributed by atoms with Crippen LogP contribution in [0.2, 0.25) is 0 Å². The maximum Gasteiger partial charge on any atom is 0.177 e. The molecule has 0 amide bonds. The first kappa shape index (κ1) is 18.2. The molecule has 2 aromatic carbocycles. The lowest BCUT2D eigenvalue weighted by molar-refractivity contribution is 0.288. The van der Waals surface area contributed by atoms with Crippen molar-refractivity contribution in [2.45, 2.75) is 20.4 Å². The Morgan fingerprint density at radius 2 is 1.70 bits per heavy atom. The van der Waals surface area contributed by atoms with Crippen molar-refractivity contribution in [2.75, 3.05) is 0 Å². The van der Waals surface area contributed by atoms with E-state index in [-0.39, 0.29) is 0 Å². The van der Waals surface area contributed by atoms with Gasteiger partial charge in [-0.15, -0.1) is 10.6 Å². The fourth-order valence-corrected chi connectivity index (χ4v) is 3.92. The fraction of sp³-hybridized carbons (Fsp3) is 0.158. The molecule has 27 heavy (non-hydrogen) atoms. The first-order chi connectivity index (χ1) is 13.0. The third-order valence-corrected chi connectivity index (χ3v) is 5.55. The fourth-order valence-electron chi connectivity index (χ4n) is 3.08. The van der Waals surface area contributed by atoms with Crippen molar-refractivity contribution in [1.82, 2.24) is 25.9 Å². The number of hydrazone groups is 1. The topological polar surface area (TPSA) is 57.5 Å². The maximum absolute atomic E-state index is 4.57. The highest BCUT2D eigenvalue weighted by Crippen LogP contribution is 2.25. The lowest BCUT2D eigenvalue weighted by atomic mass is 10.1. The van der Waals surface area contributed by atoms with Crippen molar-refractivity contribution in [1.29, 1.82) is 0 Å². The van der Waals surface area contributed by atoms with Crippen molar-refractivity contribution < 1.29 is 0 Å². The Hall–Kier alpha value is -2.16. The van der Waals surface area contributed by atoms with E-state index in [1.165, 1.54) is 16.7 Å². The van der Waals surface area contributed by atoms with Gasteiger partial charge in [0, 0.05) is 4.47 Å². The minimum Gasteiger partial charge on any atom is -0.266 e. The molecular weight excluding hydrogens is 472 g/mol. The van der Waals surface area contributed by atoms with Crippen LogP contribution < -0.4 is 11.1 Å². The van der Waals surface area contributed by atoms with E-state index in [0.717, 1.165) is 26.2 Å². The summed E-state index contributed by atoms with van der Waals surface area (Å²) in [4.78, 5) is 0. The Morgan fingerprint density at radius 3 is 2.41 bits per heavy atom. The molecule has 6 nitrogen and oxygen atoms in total. The summed E-state index contributed by atoms with van der Waals surface area (Å²) in [5, 5.41) is 10.9. The second-order valence-corrected chi connectivity index (χ2v) is 8.15. The molecule has 0 saturated heterocycles. The number of nitrogens with zero attached hydrogens (tertiary/aromatic N) is 4. The highest BCUT2D eigenvalue weighted by atomic mass is 79.9. The van der Waals surface area contributed by atoms with E-state index in [1.807, 2.05) is 28.0 Å². The van der Waals surface area contributed by atoms with Gasteiger partial charge in [0.15, 0.2) is 5.84 Å². The van der Waals surface area contributed by atoms with Crippen LogP contribution in [-0.2, 0) is 6.54 Å². The summed E-state index contributed by atoms with van der Waals surface area (Å²) in [5.41, 5.74) is 11.4. The average molecular weight is 490 g/mol. The summed E-state index contributed by atoms with van der Waals surface area (Å²) in [6.45, 7) is 4.84. The molecule has 1 aliphatic heterocycles. The molecule has 4 rings (SSSR count). The second-order valence-electron chi connectivity index (χ2n) is 6.48. The summed E-state index contributed by atoms with van der Waals surface area (Å²) < 4.78 is 3.80. The van der Waals surface area contributed by atoms with E-state index in [4.69, 9.17) is 0 Å². The predicted molar refractivity (Wildman–Crippen MR) is 113 cm³/mol. The molecule has 0 fully saturated rings. The third-order valence-electron chi connectivity index (χ3n) is 4.26. The highest BCUT2D eigenvalue weighted by molar-refractivity contribution is 9.10. The smallest absolute Gasteiger partial charge is 0.177 e. The SMILES string of the molecule is Cc1cc(C)cc(-n2ncc(C3=NNNN3Cc3ccc(Br)cc3)c2Br)c1. The lowest BCUT2D eigenvalue weighted by Crippen LogP contribution is -2.40. The van der Waals surface area contributed by atoms with Crippen molar-refractivity contribution >= 4 is 37.7 Å². The van der Waals surface area contributed by atoms with Gasteiger partial charge >= 0.3 is 0 Å². The minimum absolute atomic E-state index is 0.667. The molecule has 0 saturated carbocycles. The molecule has 138 valence electrons. The number of benzene rings is 2. The number of hydrazine groups is 2. The van der Waals surface area contributed by atoms with Crippen LogP contribution in [0.3, 0.4) is 0 Å². The van der Waals surface area contributed by atoms with Gasteiger partial charge in [-0.2, -0.15) is 5.10 Å². The van der Waals surface area contributed by atoms with Crippen LogP contribution in [-0.4, -0.2) is 20.6 Å². The Kier molecular flexibility index (Phi) is 5.03. The minimum atomic E-state index is 0.667. The van der Waals surface area contributed by atoms with Crippen molar-refractivity contribution in [2.24, 2.45) is 5.10 Å². The summed E-state index contributed by atoms with van der Waals surface area (Å²) >= 11 is 7.17. The van der Waals surface area contributed by atoms with Gasteiger partial charge in [-0.05, 0) is 70.7 Å². The third kappa shape index (κ3) is 3.78. The number of halogens is 2. The second kappa shape index (κ2) is 7.46. The number of aryl methyl sites for hydroxylation is 2. The molecule has 8 heteroatoms. The van der Waals surface area contributed by atoms with E-state index in [2.05, 4.69) is 97.3 Å². The zero-order valence-corrected chi connectivity index (χ0v) is 18.0. The normalized spacial score (nSPS) is 13.6.